The van der Waals surface area contributed by atoms with Crippen molar-refractivity contribution in [2.75, 3.05) is 65.0 Å². The number of aliphatic imine (C=N–C) groups is 1. The molecule has 3 fully saturated rings. The molecule has 3 rings (SSSR count). The molecule has 25 heavy (non-hydrogen) atoms. The van der Waals surface area contributed by atoms with E-state index in [2.05, 4.69) is 31.9 Å². The molecule has 6 heteroatoms. The highest BCUT2D eigenvalue weighted by atomic mass is 32.2. The quantitative estimate of drug-likeness (QED) is 0.595. The fourth-order valence-corrected chi connectivity index (χ4v) is 5.73. The number of ether oxygens (including phenoxy) is 1. The van der Waals surface area contributed by atoms with E-state index in [4.69, 9.17) is 4.74 Å². The van der Waals surface area contributed by atoms with Gasteiger partial charge in [0.1, 0.15) is 0 Å². The highest BCUT2D eigenvalue weighted by Gasteiger charge is 2.39. The normalized spacial score (nSPS) is 28.3. The van der Waals surface area contributed by atoms with Gasteiger partial charge in [-0.2, -0.15) is 11.8 Å². The fourth-order valence-electron chi connectivity index (χ4n) is 4.83. The number of guanidine groups is 1. The van der Waals surface area contributed by atoms with Gasteiger partial charge in [-0.1, -0.05) is 19.3 Å². The van der Waals surface area contributed by atoms with Crippen LogP contribution >= 0.6 is 11.8 Å². The molecule has 1 N–H and O–H groups in total. The van der Waals surface area contributed by atoms with Gasteiger partial charge in [0, 0.05) is 69.8 Å². The minimum atomic E-state index is 0.348. The molecule has 1 aliphatic carbocycles. The van der Waals surface area contributed by atoms with Crippen molar-refractivity contribution < 1.29 is 4.74 Å². The van der Waals surface area contributed by atoms with Gasteiger partial charge in [-0.15, -0.1) is 0 Å². The molecule has 0 aromatic rings. The van der Waals surface area contributed by atoms with E-state index in [9.17, 15) is 0 Å². The van der Waals surface area contributed by atoms with Crippen LogP contribution in [0.1, 0.15) is 38.5 Å². The lowest BCUT2D eigenvalue weighted by Gasteiger charge is -2.48. The van der Waals surface area contributed by atoms with Crippen molar-refractivity contribution >= 4 is 17.7 Å². The second-order valence-corrected chi connectivity index (χ2v) is 9.07. The highest BCUT2D eigenvalue weighted by Crippen LogP contribution is 2.35. The molecular weight excluding hydrogens is 332 g/mol. The maximum absolute atomic E-state index is 5.34. The lowest BCUT2D eigenvalue weighted by Crippen LogP contribution is -2.60. The summed E-state index contributed by atoms with van der Waals surface area (Å²) in [5.41, 5.74) is 0.348. The zero-order valence-electron chi connectivity index (χ0n) is 16.1. The number of hydrogen-bond donors (Lipinski definition) is 1. The van der Waals surface area contributed by atoms with Gasteiger partial charge in [0.25, 0.3) is 0 Å². The Kier molecular flexibility index (Phi) is 7.31. The summed E-state index contributed by atoms with van der Waals surface area (Å²) < 4.78 is 5.34. The third-order valence-corrected chi connectivity index (χ3v) is 7.18. The van der Waals surface area contributed by atoms with Gasteiger partial charge in [-0.05, 0) is 19.3 Å². The number of methoxy groups -OCH3 is 1. The van der Waals surface area contributed by atoms with Crippen LogP contribution in [-0.4, -0.2) is 86.3 Å². The van der Waals surface area contributed by atoms with Crippen LogP contribution in [0, 0.1) is 5.92 Å². The topological polar surface area (TPSA) is 40.1 Å². The summed E-state index contributed by atoms with van der Waals surface area (Å²) in [4.78, 5) is 9.81. The zero-order chi connectivity index (χ0) is 17.5. The number of nitrogens with one attached hydrogen (secondary N) is 1. The van der Waals surface area contributed by atoms with Gasteiger partial charge in [-0.3, -0.25) is 9.89 Å². The molecule has 0 amide bonds. The van der Waals surface area contributed by atoms with E-state index in [0.717, 1.165) is 32.2 Å². The molecule has 0 radical (unpaired) electrons. The van der Waals surface area contributed by atoms with Crippen LogP contribution in [0.15, 0.2) is 4.99 Å². The minimum Gasteiger partial charge on any atom is -0.384 e. The number of rotatable bonds is 5. The molecule has 0 aromatic heterocycles. The minimum absolute atomic E-state index is 0.348. The zero-order valence-corrected chi connectivity index (χ0v) is 17.0. The first kappa shape index (κ1) is 19.3. The molecule has 144 valence electrons. The van der Waals surface area contributed by atoms with Crippen LogP contribution in [0.4, 0.5) is 0 Å². The summed E-state index contributed by atoms with van der Waals surface area (Å²) in [6.07, 6.45) is 8.06. The van der Waals surface area contributed by atoms with Crippen molar-refractivity contribution in [1.29, 1.82) is 0 Å². The summed E-state index contributed by atoms with van der Waals surface area (Å²) >= 11 is 2.11. The summed E-state index contributed by atoms with van der Waals surface area (Å²) in [5, 5.41) is 3.77. The molecule has 2 heterocycles. The van der Waals surface area contributed by atoms with Gasteiger partial charge in [-0.25, -0.2) is 0 Å². The van der Waals surface area contributed by atoms with E-state index >= 15 is 0 Å². The highest BCUT2D eigenvalue weighted by molar-refractivity contribution is 7.99. The van der Waals surface area contributed by atoms with Crippen LogP contribution in [0.25, 0.3) is 0 Å². The summed E-state index contributed by atoms with van der Waals surface area (Å²) in [5.74, 6) is 4.32. The van der Waals surface area contributed by atoms with E-state index in [0.29, 0.717) is 11.5 Å². The van der Waals surface area contributed by atoms with Crippen molar-refractivity contribution in [2.24, 2.45) is 10.9 Å². The van der Waals surface area contributed by atoms with Crippen molar-refractivity contribution in [1.82, 2.24) is 15.1 Å². The Morgan fingerprint density at radius 1 is 1.20 bits per heavy atom. The number of nitrogens with zero attached hydrogens (tertiary/aromatic N) is 3. The summed E-state index contributed by atoms with van der Waals surface area (Å²) in [6.45, 7) is 6.59. The van der Waals surface area contributed by atoms with Gasteiger partial charge in [0.05, 0.1) is 6.61 Å². The molecular formula is C19H36N4OS. The lowest BCUT2D eigenvalue weighted by atomic mass is 9.80. The maximum atomic E-state index is 5.34. The van der Waals surface area contributed by atoms with Crippen LogP contribution in [0.3, 0.4) is 0 Å². The van der Waals surface area contributed by atoms with Crippen LogP contribution < -0.4 is 5.32 Å². The van der Waals surface area contributed by atoms with E-state index < -0.39 is 0 Å². The van der Waals surface area contributed by atoms with Crippen molar-refractivity contribution in [3.8, 4) is 0 Å². The van der Waals surface area contributed by atoms with E-state index in [1.54, 1.807) is 7.11 Å². The Labute approximate surface area is 157 Å². The standard InChI is InChI=1S/C19H36N4OS/c1-20-18(22-9-6-17(14-22)15-24-2)21-16-19(7-4-3-5-8-19)23-10-12-25-13-11-23/h17H,3-16H2,1-2H3,(H,20,21). The second-order valence-electron chi connectivity index (χ2n) is 7.84. The number of likely N-dealkylation sites (tertiary alicyclic amines) is 1. The number of thioether (sulfide) groups is 1. The third-order valence-electron chi connectivity index (χ3n) is 6.24. The number of hydrogen-bond acceptors (Lipinski definition) is 4. The van der Waals surface area contributed by atoms with Gasteiger partial charge < -0.3 is 15.0 Å². The first-order valence-electron chi connectivity index (χ1n) is 10.0. The maximum Gasteiger partial charge on any atom is 0.193 e. The Balaban J connectivity index is 1.59. The van der Waals surface area contributed by atoms with Crippen LogP contribution in [0.2, 0.25) is 0 Å². The van der Waals surface area contributed by atoms with Gasteiger partial charge >= 0.3 is 0 Å². The Morgan fingerprint density at radius 3 is 2.64 bits per heavy atom. The largest absolute Gasteiger partial charge is 0.384 e. The Hall–Kier alpha value is -0.460. The first-order chi connectivity index (χ1) is 12.3. The molecule has 0 spiro atoms. The summed E-state index contributed by atoms with van der Waals surface area (Å²) in [7, 11) is 3.73. The predicted molar refractivity (Wildman–Crippen MR) is 108 cm³/mol. The van der Waals surface area contributed by atoms with Gasteiger partial charge in [0.2, 0.25) is 0 Å². The van der Waals surface area contributed by atoms with E-state index in [1.807, 2.05) is 7.05 Å². The molecule has 1 atom stereocenters. The fraction of sp³-hybridized carbons (Fsp3) is 0.947. The Morgan fingerprint density at radius 2 is 1.96 bits per heavy atom. The molecule has 1 saturated carbocycles. The molecule has 5 nitrogen and oxygen atoms in total. The third kappa shape index (κ3) is 4.83. The van der Waals surface area contributed by atoms with Crippen molar-refractivity contribution in [3.05, 3.63) is 0 Å². The lowest BCUT2D eigenvalue weighted by molar-refractivity contribution is 0.0620. The molecule has 2 aliphatic heterocycles. The van der Waals surface area contributed by atoms with Crippen molar-refractivity contribution in [2.45, 2.75) is 44.1 Å². The van der Waals surface area contributed by atoms with Crippen LogP contribution in [-0.2, 0) is 4.74 Å². The smallest absolute Gasteiger partial charge is 0.193 e. The van der Waals surface area contributed by atoms with Crippen LogP contribution in [0.5, 0.6) is 0 Å². The summed E-state index contributed by atoms with van der Waals surface area (Å²) in [6, 6.07) is 0. The predicted octanol–water partition coefficient (Wildman–Crippen LogP) is 2.28. The van der Waals surface area contributed by atoms with Gasteiger partial charge in [0.15, 0.2) is 5.96 Å². The van der Waals surface area contributed by atoms with E-state index in [-0.39, 0.29) is 0 Å². The Bertz CT molecular complexity index is 433. The SMILES string of the molecule is CN=C(NCC1(N2CCSCC2)CCCCC1)N1CCC(COC)C1. The van der Waals surface area contributed by atoms with E-state index in [1.165, 1.54) is 63.1 Å². The molecule has 3 aliphatic rings. The monoisotopic (exact) mass is 368 g/mol. The van der Waals surface area contributed by atoms with Crippen molar-refractivity contribution in [3.63, 3.8) is 0 Å². The molecule has 1 unspecified atom stereocenters. The second kappa shape index (κ2) is 9.47. The molecule has 2 saturated heterocycles. The molecule has 0 bridgehead atoms. The molecule has 0 aromatic carbocycles. The average Bonchev–Trinajstić information content (AvgIpc) is 3.12. The average molecular weight is 369 g/mol. The first-order valence-corrected chi connectivity index (χ1v) is 11.2.